The third kappa shape index (κ3) is 8.12. The Morgan fingerprint density at radius 1 is 1.14 bits per heavy atom. The van der Waals surface area contributed by atoms with Crippen LogP contribution in [0.25, 0.3) is 10.9 Å². The fourth-order valence-corrected chi connectivity index (χ4v) is 6.07. The average molecular weight is 606 g/mol. The molecule has 4 rings (SSSR count). The van der Waals surface area contributed by atoms with Crippen LogP contribution in [0.1, 0.15) is 80.1 Å². The van der Waals surface area contributed by atoms with Crippen molar-refractivity contribution < 1.29 is 4.79 Å². The first-order valence-corrected chi connectivity index (χ1v) is 16.0. The Labute approximate surface area is 267 Å². The SMILES string of the molecule is C=CCC(=C(C)C(C=C)=Nc1cc(Cl)c2[nH]c(C(=O)CCc3ccc4c(c3)CCC(C)CC4)cc2c1)/C(C=N)=C\C=C/CC. The number of nitrogens with one attached hydrogen (secondary N) is 2. The lowest BCUT2D eigenvalue weighted by Gasteiger charge is -2.12. The fraction of sp³-hybridized carbons (Fsp3) is 0.308. The number of nitrogens with zero attached hydrogens (tertiary/aromatic N) is 1. The highest BCUT2D eigenvalue weighted by Gasteiger charge is 2.16. The number of aromatic amines is 1. The maximum Gasteiger partial charge on any atom is 0.179 e. The molecule has 1 aromatic heterocycles. The molecule has 44 heavy (non-hydrogen) atoms. The van der Waals surface area contributed by atoms with Crippen LogP contribution in [0.4, 0.5) is 5.69 Å². The summed E-state index contributed by atoms with van der Waals surface area (Å²) < 4.78 is 0. The summed E-state index contributed by atoms with van der Waals surface area (Å²) in [5.41, 5.74) is 9.43. The second-order valence-electron chi connectivity index (χ2n) is 11.7. The van der Waals surface area contributed by atoms with Crippen LogP contribution in [0.15, 0.2) is 102 Å². The molecule has 4 nitrogen and oxygen atoms in total. The predicted octanol–water partition coefficient (Wildman–Crippen LogP) is 10.8. The lowest BCUT2D eigenvalue weighted by Crippen LogP contribution is -2.03. The van der Waals surface area contributed by atoms with Crippen molar-refractivity contribution in [1.82, 2.24) is 4.98 Å². The minimum Gasteiger partial charge on any atom is -0.351 e. The summed E-state index contributed by atoms with van der Waals surface area (Å²) in [4.78, 5) is 21.4. The number of benzene rings is 2. The van der Waals surface area contributed by atoms with Gasteiger partial charge in [-0.15, -0.1) is 6.58 Å². The van der Waals surface area contributed by atoms with Gasteiger partial charge in [-0.25, -0.2) is 4.99 Å². The zero-order chi connectivity index (χ0) is 31.6. The topological polar surface area (TPSA) is 69.1 Å². The van der Waals surface area contributed by atoms with Gasteiger partial charge in [0.2, 0.25) is 0 Å². The Morgan fingerprint density at radius 3 is 2.61 bits per heavy atom. The molecule has 0 amide bonds. The van der Waals surface area contributed by atoms with Gasteiger partial charge in [0.25, 0.3) is 0 Å². The van der Waals surface area contributed by atoms with E-state index in [1.54, 1.807) is 12.1 Å². The zero-order valence-electron chi connectivity index (χ0n) is 26.3. The second-order valence-corrected chi connectivity index (χ2v) is 12.1. The first-order valence-electron chi connectivity index (χ1n) is 15.6. The minimum atomic E-state index is 0.0635. The Kier molecular flexibility index (Phi) is 11.7. The summed E-state index contributed by atoms with van der Waals surface area (Å²) in [6.07, 6.45) is 18.3. The molecule has 228 valence electrons. The third-order valence-corrected chi connectivity index (χ3v) is 8.77. The smallest absolute Gasteiger partial charge is 0.179 e. The second kappa shape index (κ2) is 15.6. The number of hydrogen-bond acceptors (Lipinski definition) is 3. The molecule has 2 N–H and O–H groups in total. The van der Waals surface area contributed by atoms with Gasteiger partial charge in [0, 0.05) is 18.0 Å². The molecule has 5 heteroatoms. The zero-order valence-corrected chi connectivity index (χ0v) is 27.1. The number of halogens is 1. The van der Waals surface area contributed by atoms with Gasteiger partial charge < -0.3 is 10.4 Å². The number of H-pyrrole nitrogens is 1. The Morgan fingerprint density at radius 2 is 1.91 bits per heavy atom. The number of fused-ring (bicyclic) bond motifs is 2. The van der Waals surface area contributed by atoms with Crippen LogP contribution < -0.4 is 0 Å². The van der Waals surface area contributed by atoms with Gasteiger partial charge in [0.15, 0.2) is 5.78 Å². The van der Waals surface area contributed by atoms with Gasteiger partial charge in [-0.2, -0.15) is 0 Å². The molecule has 3 aromatic rings. The van der Waals surface area contributed by atoms with Crippen molar-refractivity contribution in [3.8, 4) is 0 Å². The van der Waals surface area contributed by atoms with E-state index in [0.29, 0.717) is 41.4 Å². The van der Waals surface area contributed by atoms with E-state index in [0.717, 1.165) is 52.8 Å². The average Bonchev–Trinajstić information content (AvgIpc) is 3.38. The molecule has 0 radical (unpaired) electrons. The predicted molar refractivity (Wildman–Crippen MR) is 189 cm³/mol. The number of carbonyl (C=O) groups excluding carboxylic acids is 1. The van der Waals surface area contributed by atoms with Crippen LogP contribution in [-0.4, -0.2) is 22.7 Å². The van der Waals surface area contributed by atoms with Crippen LogP contribution in [-0.2, 0) is 19.3 Å². The number of aromatic nitrogens is 1. The van der Waals surface area contributed by atoms with E-state index >= 15 is 0 Å². The van der Waals surface area contributed by atoms with Crippen LogP contribution in [0.5, 0.6) is 0 Å². The van der Waals surface area contributed by atoms with Gasteiger partial charge in [-0.3, -0.25) is 4.79 Å². The van der Waals surface area contributed by atoms with E-state index < -0.39 is 0 Å². The first-order chi connectivity index (χ1) is 21.3. The molecule has 1 atom stereocenters. The lowest BCUT2D eigenvalue weighted by atomic mass is 9.94. The van der Waals surface area contributed by atoms with Crippen molar-refractivity contribution in [3.63, 3.8) is 0 Å². The summed E-state index contributed by atoms with van der Waals surface area (Å²) in [5, 5.41) is 9.33. The Bertz CT molecular complexity index is 1680. The summed E-state index contributed by atoms with van der Waals surface area (Å²) >= 11 is 6.70. The number of carbonyl (C=O) groups is 1. The minimum absolute atomic E-state index is 0.0635. The highest BCUT2D eigenvalue weighted by atomic mass is 35.5. The highest BCUT2D eigenvalue weighted by molar-refractivity contribution is 6.35. The maximum atomic E-state index is 13.2. The molecule has 1 aliphatic carbocycles. The number of rotatable bonds is 13. The molecule has 0 saturated heterocycles. The number of aliphatic imine (C=N–C) groups is 1. The first kappa shape index (κ1) is 32.9. The van der Waals surface area contributed by atoms with Crippen molar-refractivity contribution in [2.24, 2.45) is 10.9 Å². The molecule has 0 bridgehead atoms. The standard InChI is InChI=1S/C39H44ClN3O/c1-6-9-10-12-31(25-41)34(11-7-2)27(5)36(8-3)42-33-22-32-23-37(43-39(32)35(40)24-33)38(44)20-16-28-15-19-29-17-13-26(4)14-18-30(29)21-28/h7-10,12,15,19,21-26,41,43H,2-3,6,11,13-14,16-18,20H2,1,4-5H3/b10-9-,31-12-,34-27?,41-25?,42-36?. The lowest BCUT2D eigenvalue weighted by molar-refractivity contribution is 0.0979. The molecule has 1 heterocycles. The number of Topliss-reactive ketones (excluding diaryl/α,β-unsaturated/α-hetero) is 1. The van der Waals surface area contributed by atoms with Crippen molar-refractivity contribution in [2.45, 2.75) is 72.1 Å². The van der Waals surface area contributed by atoms with Crippen molar-refractivity contribution in [1.29, 1.82) is 5.41 Å². The Hall–Kier alpha value is -4.02. The van der Waals surface area contributed by atoms with Gasteiger partial charge in [-0.1, -0.05) is 74.5 Å². The molecule has 0 saturated carbocycles. The highest BCUT2D eigenvalue weighted by Crippen LogP contribution is 2.32. The van der Waals surface area contributed by atoms with Crippen LogP contribution in [0, 0.1) is 11.3 Å². The summed E-state index contributed by atoms with van der Waals surface area (Å²) in [6.45, 7) is 14.3. The van der Waals surface area contributed by atoms with Gasteiger partial charge in [-0.05, 0) is 115 Å². The van der Waals surface area contributed by atoms with Crippen LogP contribution >= 0.6 is 11.6 Å². The molecular formula is C39H44ClN3O. The molecular weight excluding hydrogens is 562 g/mol. The molecule has 1 unspecified atom stereocenters. The number of allylic oxidation sites excluding steroid dienone is 8. The third-order valence-electron chi connectivity index (χ3n) is 8.47. The summed E-state index contributed by atoms with van der Waals surface area (Å²) in [5.74, 6) is 0.829. The number of ketones is 1. The number of aryl methyl sites for hydroxylation is 3. The van der Waals surface area contributed by atoms with Crippen molar-refractivity contribution in [3.05, 3.63) is 124 Å². The van der Waals surface area contributed by atoms with Gasteiger partial charge in [0.1, 0.15) is 0 Å². The van der Waals surface area contributed by atoms with Crippen LogP contribution in [0.2, 0.25) is 5.02 Å². The van der Waals surface area contributed by atoms with E-state index in [1.165, 1.54) is 35.7 Å². The van der Waals surface area contributed by atoms with Crippen molar-refractivity contribution in [2.75, 3.05) is 0 Å². The Balaban J connectivity index is 1.57. The molecule has 2 aromatic carbocycles. The maximum absolute atomic E-state index is 13.2. The normalized spacial score (nSPS) is 16.4. The number of hydrogen-bond donors (Lipinski definition) is 2. The summed E-state index contributed by atoms with van der Waals surface area (Å²) in [6, 6.07) is 12.4. The largest absolute Gasteiger partial charge is 0.351 e. The van der Waals surface area contributed by atoms with E-state index in [-0.39, 0.29) is 5.78 Å². The quantitative estimate of drug-likeness (QED) is 0.0657. The van der Waals surface area contributed by atoms with Crippen molar-refractivity contribution >= 4 is 45.9 Å². The summed E-state index contributed by atoms with van der Waals surface area (Å²) in [7, 11) is 0. The monoisotopic (exact) mass is 605 g/mol. The van der Waals surface area contributed by atoms with E-state index in [1.807, 2.05) is 37.3 Å². The van der Waals surface area contributed by atoms with Crippen LogP contribution in [0.3, 0.4) is 0 Å². The molecule has 0 fully saturated rings. The van der Waals surface area contributed by atoms with E-state index in [2.05, 4.69) is 56.3 Å². The van der Waals surface area contributed by atoms with Gasteiger partial charge in [0.05, 0.1) is 27.6 Å². The molecule has 0 spiro atoms. The molecule has 0 aliphatic heterocycles. The van der Waals surface area contributed by atoms with E-state index in [9.17, 15) is 4.79 Å². The fourth-order valence-electron chi connectivity index (χ4n) is 5.80. The van der Waals surface area contributed by atoms with Gasteiger partial charge >= 0.3 is 0 Å². The van der Waals surface area contributed by atoms with E-state index in [4.69, 9.17) is 22.0 Å². The molecule has 1 aliphatic rings.